The lowest BCUT2D eigenvalue weighted by atomic mass is 9.89. The molecule has 0 atom stereocenters. The molecule has 31 heteroatoms. The van der Waals surface area contributed by atoms with Gasteiger partial charge in [0.05, 0.1) is 8.96 Å². The summed E-state index contributed by atoms with van der Waals surface area (Å²) in [6.07, 6.45) is -25.9. The van der Waals surface area contributed by atoms with Crippen molar-refractivity contribution in [3.8, 4) is 0 Å². The van der Waals surface area contributed by atoms with Gasteiger partial charge in [0, 0.05) is 0 Å². The molecule has 0 heterocycles. The van der Waals surface area contributed by atoms with Crippen LogP contribution in [-0.2, 0) is 0 Å². The van der Waals surface area contributed by atoms with E-state index >= 15 is 0 Å². The molecule has 0 aliphatic carbocycles. The lowest BCUT2D eigenvalue weighted by Gasteiger charge is -2.43. The zero-order valence-electron chi connectivity index (χ0n) is 18.3. The van der Waals surface area contributed by atoms with Crippen LogP contribution >= 0.6 is 0 Å². The van der Waals surface area contributed by atoms with Crippen LogP contribution in [0.25, 0.3) is 0 Å². The number of hydrogen-bond donors (Lipinski definition) is 0. The number of rotatable bonds is 10. The van der Waals surface area contributed by atoms with Gasteiger partial charge in [-0.1, -0.05) is 0 Å². The van der Waals surface area contributed by atoms with Crippen molar-refractivity contribution >= 4 is 0 Å². The first kappa shape index (κ1) is 41.9. The Kier molecular flexibility index (Phi) is 9.22. The first-order valence-corrected chi connectivity index (χ1v) is 8.83. The van der Waals surface area contributed by atoms with Crippen molar-refractivity contribution in [3.63, 3.8) is 0 Å². The number of alkyl halides is 28. The van der Waals surface area contributed by atoms with Crippen LogP contribution in [-0.4, -0.2) is 82.7 Å². The van der Waals surface area contributed by atoms with Crippen molar-refractivity contribution in [2.75, 3.05) is 0 Å². The number of quaternary nitrogens is 1. The zero-order chi connectivity index (χ0) is 37.0. The highest BCUT2D eigenvalue weighted by molar-refractivity contribution is 5.14. The molecule has 0 radical (unpaired) electrons. The maximum Gasteiger partial charge on any atom is 0.540 e. The van der Waals surface area contributed by atoms with E-state index in [4.69, 9.17) is 0 Å². The molecule has 0 unspecified atom stereocenters. The van der Waals surface area contributed by atoms with Crippen molar-refractivity contribution in [2.24, 2.45) is 0 Å². The largest absolute Gasteiger partial charge is 0.540 e. The quantitative estimate of drug-likeness (QED) is 0.119. The summed E-state index contributed by atoms with van der Waals surface area (Å²) < 4.78 is 389. The van der Waals surface area contributed by atoms with E-state index < -0.39 is 82.7 Å². The molecule has 0 rings (SSSR count). The molecule has 0 amide bonds. The van der Waals surface area contributed by atoms with Gasteiger partial charge in [-0.25, -0.2) is 4.39 Å². The van der Waals surface area contributed by atoms with Crippen LogP contribution in [0.3, 0.4) is 0 Å². The molecule has 0 aliphatic rings. The molecule has 1 nitrogen and oxygen atoms in total. The van der Waals surface area contributed by atoms with Gasteiger partial charge in [0.15, 0.2) is 4.93 Å². The van der Waals surface area contributed by atoms with Crippen LogP contribution in [0.4, 0.5) is 132 Å². The summed E-state index contributed by atoms with van der Waals surface area (Å²) in [7, 11) is 0. The van der Waals surface area contributed by atoms with Crippen molar-refractivity contribution in [1.29, 1.82) is 0 Å². The summed E-state index contributed by atoms with van der Waals surface area (Å²) in [5, 5.41) is 0. The predicted octanol–water partition coefficient (Wildman–Crippen LogP) is 9.60. The third-order valence-corrected chi connectivity index (χ3v) is 5.00. The van der Waals surface area contributed by atoms with Crippen LogP contribution in [0, 0.1) is 0 Å². The van der Waals surface area contributed by atoms with Crippen LogP contribution in [0.2, 0.25) is 0 Å². The molecule has 0 saturated heterocycles. The predicted molar refractivity (Wildman–Crippen MR) is 69.0 cm³/mol. The van der Waals surface area contributed by atoms with Crippen LogP contribution in [0.1, 0.15) is 0 Å². The van der Waals surface area contributed by atoms with Gasteiger partial charge in [0.1, 0.15) is 0 Å². The fourth-order valence-corrected chi connectivity index (χ4v) is 2.41. The SMILES string of the molecule is FC(F)(F)C(F)(F)C(F)(F)C(F)(F)C(F)(F)C(F)(F)C(F)(F)[N+](F)(F)C(F)(F)C(F)(F)C(F)(F)C(F)(C(F)(F)F)C(F)(F)F. The maximum atomic E-state index is 13.5. The number of hydrogen-bond acceptors (Lipinski definition) is 0. The fourth-order valence-electron chi connectivity index (χ4n) is 2.41. The van der Waals surface area contributed by atoms with E-state index in [0.717, 1.165) is 0 Å². The Morgan fingerprint density at radius 2 is 0.432 bits per heavy atom. The molecule has 0 spiro atoms. The minimum atomic E-state index is -10.1. The van der Waals surface area contributed by atoms with Gasteiger partial charge in [-0.15, -0.1) is 17.6 Å². The van der Waals surface area contributed by atoms with Crippen molar-refractivity contribution in [2.45, 2.75) is 77.7 Å². The highest BCUT2D eigenvalue weighted by atomic mass is 19.5. The summed E-state index contributed by atoms with van der Waals surface area (Å²) in [5.41, 5.74) is -9.32. The average Bonchev–Trinajstić information content (AvgIpc) is 2.74. The van der Waals surface area contributed by atoms with Crippen LogP contribution < -0.4 is 0 Å². The highest BCUT2D eigenvalue weighted by Crippen LogP contribution is 2.68. The molecule has 0 bridgehead atoms. The van der Waals surface area contributed by atoms with Crippen LogP contribution in [0.15, 0.2) is 0 Å². The average molecular weight is 740 g/mol. The van der Waals surface area contributed by atoms with E-state index in [1.54, 1.807) is 0 Å². The van der Waals surface area contributed by atoms with Gasteiger partial charge in [0.2, 0.25) is 0 Å². The van der Waals surface area contributed by atoms with Gasteiger partial charge in [-0.05, 0) is 0 Å². The summed E-state index contributed by atoms with van der Waals surface area (Å²) in [5.74, 6) is -67.1. The molecular formula is C13F30N+. The molecule has 0 aromatic carbocycles. The van der Waals surface area contributed by atoms with Crippen molar-refractivity contribution < 1.29 is 137 Å². The van der Waals surface area contributed by atoms with Gasteiger partial charge in [-0.2, -0.15) is 101 Å². The topological polar surface area (TPSA) is 0 Å². The lowest BCUT2D eigenvalue weighted by Crippen LogP contribution is -2.81. The summed E-state index contributed by atoms with van der Waals surface area (Å²) in [6.45, 7) is 0. The van der Waals surface area contributed by atoms with Crippen molar-refractivity contribution in [3.05, 3.63) is 0 Å². The number of nitrogens with zero attached hydrogens (tertiary/aromatic N) is 1. The Balaban J connectivity index is 7.64. The maximum absolute atomic E-state index is 13.5. The first-order chi connectivity index (χ1) is 18.2. The third-order valence-electron chi connectivity index (χ3n) is 5.00. The first-order valence-electron chi connectivity index (χ1n) is 8.83. The zero-order valence-corrected chi connectivity index (χ0v) is 18.3. The van der Waals surface area contributed by atoms with Crippen LogP contribution in [0.5, 0.6) is 0 Å². The monoisotopic (exact) mass is 740 g/mol. The fraction of sp³-hybridized carbons (Fsp3) is 1.00. The smallest absolute Gasteiger partial charge is 0.216 e. The van der Waals surface area contributed by atoms with Gasteiger partial charge in [-0.3, -0.25) is 0 Å². The molecule has 0 aromatic rings. The molecular weight excluding hydrogens is 740 g/mol. The Bertz CT molecular complexity index is 1030. The minimum Gasteiger partial charge on any atom is -0.216 e. The molecule has 0 saturated carbocycles. The Morgan fingerprint density at radius 1 is 0.227 bits per heavy atom. The summed E-state index contributed by atoms with van der Waals surface area (Å²) in [6, 6.07) is -20.1. The van der Waals surface area contributed by atoms with Crippen molar-refractivity contribution in [1.82, 2.24) is 0 Å². The van der Waals surface area contributed by atoms with Gasteiger partial charge >= 0.3 is 77.7 Å². The van der Waals surface area contributed by atoms with E-state index in [1.165, 1.54) is 0 Å². The Labute approximate surface area is 216 Å². The standard InChI is InChI=1S/C13F30N/c14-1(9(29,30)31,10(32,33)34)2(15,16)7(25,26)12(38,39)44(42,43)13(40,41)8(27,28)5(21,22)3(17,18)4(19,20)6(23,24)11(35,36)37/q+1. The third kappa shape index (κ3) is 4.56. The second kappa shape index (κ2) is 9.69. The molecule has 0 aliphatic heterocycles. The van der Waals surface area contributed by atoms with E-state index in [9.17, 15) is 132 Å². The van der Waals surface area contributed by atoms with E-state index in [-0.39, 0.29) is 0 Å². The van der Waals surface area contributed by atoms with Gasteiger partial charge < -0.3 is 0 Å². The molecule has 44 heavy (non-hydrogen) atoms. The second-order valence-electron chi connectivity index (χ2n) is 7.77. The molecule has 0 aromatic heterocycles. The number of halogens is 30. The molecule has 0 fully saturated rings. The Hall–Kier alpha value is -2.14. The minimum absolute atomic E-state index is 8.32. The summed E-state index contributed by atoms with van der Waals surface area (Å²) >= 11 is 0. The Morgan fingerprint density at radius 3 is 0.659 bits per heavy atom. The molecule has 266 valence electrons. The van der Waals surface area contributed by atoms with E-state index in [0.29, 0.717) is 0 Å². The second-order valence-corrected chi connectivity index (χ2v) is 7.77. The lowest BCUT2D eigenvalue weighted by molar-refractivity contribution is -1.28. The highest BCUT2D eigenvalue weighted by Gasteiger charge is 3.04. The van der Waals surface area contributed by atoms with E-state index in [2.05, 4.69) is 0 Å². The van der Waals surface area contributed by atoms with Gasteiger partial charge in [0.25, 0.3) is 0 Å². The summed E-state index contributed by atoms with van der Waals surface area (Å²) in [4.78, 5) is -9.09. The normalized spacial score (nSPS) is 17.3. The molecule has 0 N–H and O–H groups in total. The van der Waals surface area contributed by atoms with E-state index in [1.807, 2.05) is 0 Å².